The lowest BCUT2D eigenvalue weighted by Crippen LogP contribution is -2.46. The van der Waals surface area contributed by atoms with E-state index in [0.29, 0.717) is 11.3 Å². The van der Waals surface area contributed by atoms with E-state index in [1.165, 1.54) is 16.7 Å². The Morgan fingerprint density at radius 3 is 1.47 bits per heavy atom. The molecular formula is C34H39NO2S. The van der Waals surface area contributed by atoms with E-state index in [9.17, 15) is 8.42 Å². The second-order valence-electron chi connectivity index (χ2n) is 10.1. The second kappa shape index (κ2) is 13.0. The number of hydrogen-bond acceptors (Lipinski definition) is 3. The molecule has 4 aromatic rings. The molecule has 0 bridgehead atoms. The van der Waals surface area contributed by atoms with E-state index in [2.05, 4.69) is 103 Å². The molecule has 4 heteroatoms. The lowest BCUT2D eigenvalue weighted by atomic mass is 9.75. The fourth-order valence-electron chi connectivity index (χ4n) is 5.40. The molecule has 0 fully saturated rings. The smallest absolute Gasteiger partial charge is 0.178 e. The zero-order valence-corrected chi connectivity index (χ0v) is 23.4. The van der Waals surface area contributed by atoms with Crippen LogP contribution in [0, 0.1) is 6.92 Å². The van der Waals surface area contributed by atoms with Gasteiger partial charge in [-0.15, -0.1) is 0 Å². The Morgan fingerprint density at radius 1 is 0.579 bits per heavy atom. The molecule has 0 amide bonds. The van der Waals surface area contributed by atoms with Gasteiger partial charge >= 0.3 is 0 Å². The predicted molar refractivity (Wildman–Crippen MR) is 158 cm³/mol. The number of hydrogen-bond donors (Lipinski definition) is 0. The van der Waals surface area contributed by atoms with Crippen LogP contribution in [0.15, 0.2) is 120 Å². The molecule has 0 radical (unpaired) electrons. The van der Waals surface area contributed by atoms with Crippen molar-refractivity contribution in [2.75, 3.05) is 19.3 Å². The van der Waals surface area contributed by atoms with Crippen molar-refractivity contribution in [1.29, 1.82) is 0 Å². The monoisotopic (exact) mass is 525 g/mol. The van der Waals surface area contributed by atoms with Gasteiger partial charge in [0.05, 0.1) is 16.2 Å². The van der Waals surface area contributed by atoms with Gasteiger partial charge in [-0.1, -0.05) is 128 Å². The third-order valence-electron chi connectivity index (χ3n) is 7.43. The van der Waals surface area contributed by atoms with Crippen LogP contribution in [0.2, 0.25) is 0 Å². The first-order chi connectivity index (χ1) is 18.4. The molecule has 0 aliphatic heterocycles. The normalized spacial score (nSPS) is 12.1. The first kappa shape index (κ1) is 27.8. The second-order valence-corrected chi connectivity index (χ2v) is 12.2. The molecule has 0 atom stereocenters. The summed E-state index contributed by atoms with van der Waals surface area (Å²) in [7, 11) is -0.979. The molecular weight excluding hydrogens is 486 g/mol. The van der Waals surface area contributed by atoms with E-state index in [0.717, 1.165) is 37.8 Å². The van der Waals surface area contributed by atoms with Crippen LogP contribution < -0.4 is 0 Å². The summed E-state index contributed by atoms with van der Waals surface area (Å²) in [5, 5.41) is 0. The number of rotatable bonds is 13. The lowest BCUT2D eigenvalue weighted by molar-refractivity contribution is 0.195. The molecule has 0 spiro atoms. The van der Waals surface area contributed by atoms with Crippen LogP contribution in [0.5, 0.6) is 0 Å². The molecule has 0 heterocycles. The quantitative estimate of drug-likeness (QED) is 0.133. The van der Waals surface area contributed by atoms with Crippen LogP contribution in [0.3, 0.4) is 0 Å². The molecule has 4 aromatic carbocycles. The summed E-state index contributed by atoms with van der Waals surface area (Å²) in [5.41, 5.74) is 4.43. The van der Waals surface area contributed by atoms with Crippen LogP contribution in [0.1, 0.15) is 54.4 Å². The highest BCUT2D eigenvalue weighted by Crippen LogP contribution is 2.41. The van der Waals surface area contributed by atoms with Gasteiger partial charge in [0.1, 0.15) is 0 Å². The molecule has 38 heavy (non-hydrogen) atoms. The van der Waals surface area contributed by atoms with Gasteiger partial charge in [-0.2, -0.15) is 0 Å². The van der Waals surface area contributed by atoms with Gasteiger partial charge in [0, 0.05) is 0 Å². The highest BCUT2D eigenvalue weighted by Gasteiger charge is 2.39. The zero-order valence-electron chi connectivity index (χ0n) is 22.6. The largest absolute Gasteiger partial charge is 0.289 e. The maximum Gasteiger partial charge on any atom is 0.178 e. The SMILES string of the molecule is Cc1ccc(S(=O)(=O)CCCCCCCN(C)C(c2ccccc2)(c2ccccc2)c2ccccc2)cc1. The Balaban J connectivity index is 1.41. The molecule has 0 saturated heterocycles. The number of aryl methyl sites for hydroxylation is 1. The van der Waals surface area contributed by atoms with E-state index in [1.807, 2.05) is 19.1 Å². The van der Waals surface area contributed by atoms with Crippen LogP contribution in [0.4, 0.5) is 0 Å². The van der Waals surface area contributed by atoms with E-state index in [1.54, 1.807) is 12.1 Å². The Kier molecular flexibility index (Phi) is 9.54. The highest BCUT2D eigenvalue weighted by molar-refractivity contribution is 7.91. The summed E-state index contributed by atoms with van der Waals surface area (Å²) in [6.07, 6.45) is 4.79. The standard InChI is InChI=1S/C34H39NO2S/c1-29-23-25-33(26-24-29)38(36,37)28-16-5-3-4-15-27-35(2)34(30-17-9-6-10-18-30,31-19-11-7-12-20-31)32-21-13-8-14-22-32/h6-14,17-26H,3-5,15-16,27-28H2,1-2H3. The van der Waals surface area contributed by atoms with Gasteiger partial charge in [0.25, 0.3) is 0 Å². The summed E-state index contributed by atoms with van der Waals surface area (Å²) in [6.45, 7) is 2.90. The van der Waals surface area contributed by atoms with Gasteiger partial charge in [-0.25, -0.2) is 8.42 Å². The number of unbranched alkanes of at least 4 members (excludes halogenated alkanes) is 4. The first-order valence-corrected chi connectivity index (χ1v) is 15.3. The number of benzene rings is 4. The molecule has 198 valence electrons. The van der Waals surface area contributed by atoms with E-state index < -0.39 is 15.4 Å². The Bertz CT molecular complexity index is 1260. The van der Waals surface area contributed by atoms with Crippen molar-refractivity contribution in [3.8, 4) is 0 Å². The highest BCUT2D eigenvalue weighted by atomic mass is 32.2. The van der Waals surface area contributed by atoms with Gasteiger partial charge in [-0.3, -0.25) is 4.90 Å². The van der Waals surface area contributed by atoms with Crippen molar-refractivity contribution in [3.05, 3.63) is 138 Å². The summed E-state index contributed by atoms with van der Waals surface area (Å²) in [5.74, 6) is 0.217. The number of sulfone groups is 1. The van der Waals surface area contributed by atoms with Crippen LogP contribution in [-0.2, 0) is 15.4 Å². The lowest BCUT2D eigenvalue weighted by Gasteiger charge is -2.44. The average Bonchev–Trinajstić information content (AvgIpc) is 2.95. The predicted octanol–water partition coefficient (Wildman–Crippen LogP) is 7.64. The summed E-state index contributed by atoms with van der Waals surface area (Å²) in [4.78, 5) is 2.92. The molecule has 0 aromatic heterocycles. The van der Waals surface area contributed by atoms with Gasteiger partial charge in [0.2, 0.25) is 0 Å². The van der Waals surface area contributed by atoms with Crippen molar-refractivity contribution in [3.63, 3.8) is 0 Å². The fourth-order valence-corrected chi connectivity index (χ4v) is 6.77. The van der Waals surface area contributed by atoms with E-state index >= 15 is 0 Å². The minimum absolute atomic E-state index is 0.217. The van der Waals surface area contributed by atoms with Crippen molar-refractivity contribution < 1.29 is 8.42 Å². The van der Waals surface area contributed by atoms with Crippen LogP contribution in [0.25, 0.3) is 0 Å². The summed E-state index contributed by atoms with van der Waals surface area (Å²) >= 11 is 0. The van der Waals surface area contributed by atoms with E-state index in [4.69, 9.17) is 0 Å². The maximum absolute atomic E-state index is 12.6. The Hall–Kier alpha value is -3.21. The molecule has 0 aliphatic carbocycles. The van der Waals surface area contributed by atoms with Crippen molar-refractivity contribution in [2.45, 2.75) is 49.5 Å². The molecule has 4 rings (SSSR count). The molecule has 0 unspecified atom stereocenters. The van der Waals surface area contributed by atoms with Gasteiger partial charge in [0.15, 0.2) is 9.84 Å². The van der Waals surface area contributed by atoms with Gasteiger partial charge in [-0.05, 0) is 62.2 Å². The van der Waals surface area contributed by atoms with Gasteiger partial charge < -0.3 is 0 Å². The summed E-state index contributed by atoms with van der Waals surface area (Å²) in [6, 6.07) is 39.5. The molecule has 0 saturated carbocycles. The fraction of sp³-hybridized carbons (Fsp3) is 0.294. The topological polar surface area (TPSA) is 37.4 Å². The first-order valence-electron chi connectivity index (χ1n) is 13.6. The molecule has 0 aliphatic rings. The third-order valence-corrected chi connectivity index (χ3v) is 9.25. The van der Waals surface area contributed by atoms with Crippen molar-refractivity contribution in [1.82, 2.24) is 4.90 Å². The number of nitrogens with zero attached hydrogens (tertiary/aromatic N) is 1. The third kappa shape index (κ3) is 6.43. The minimum atomic E-state index is -3.20. The van der Waals surface area contributed by atoms with Crippen molar-refractivity contribution >= 4 is 9.84 Å². The zero-order chi connectivity index (χ0) is 26.8. The average molecular weight is 526 g/mol. The maximum atomic E-state index is 12.6. The summed E-state index contributed by atoms with van der Waals surface area (Å²) < 4.78 is 25.3. The van der Waals surface area contributed by atoms with Crippen LogP contribution >= 0.6 is 0 Å². The minimum Gasteiger partial charge on any atom is -0.289 e. The Labute approximate surface area is 229 Å². The molecule has 3 nitrogen and oxygen atoms in total. The Morgan fingerprint density at radius 2 is 1.00 bits per heavy atom. The van der Waals surface area contributed by atoms with E-state index in [-0.39, 0.29) is 5.75 Å². The molecule has 0 N–H and O–H groups in total. The van der Waals surface area contributed by atoms with Crippen LogP contribution in [-0.4, -0.2) is 32.7 Å². The van der Waals surface area contributed by atoms with Crippen molar-refractivity contribution in [2.24, 2.45) is 0 Å².